The summed E-state index contributed by atoms with van der Waals surface area (Å²) in [6, 6.07) is 6.79. The molecular weight excluding hydrogens is 429 g/mol. The standard InChI is InChI=1S/C15H25N3O3S.HI/c1-4-16-15(17-10-5-11-21-2)18-12-13-6-8-14(9-7-13)22(3,19)20;/h6-9H,4-5,10-12H2,1-3H3,(H2,16,17,18);1H. The van der Waals surface area contributed by atoms with E-state index in [2.05, 4.69) is 15.6 Å². The summed E-state index contributed by atoms with van der Waals surface area (Å²) >= 11 is 0. The molecule has 0 aliphatic carbocycles. The van der Waals surface area contributed by atoms with Crippen molar-refractivity contribution in [2.24, 2.45) is 4.99 Å². The van der Waals surface area contributed by atoms with Gasteiger partial charge in [0.1, 0.15) is 0 Å². The number of benzene rings is 1. The van der Waals surface area contributed by atoms with E-state index in [1.54, 1.807) is 31.4 Å². The number of guanidine groups is 1. The predicted molar refractivity (Wildman–Crippen MR) is 104 cm³/mol. The van der Waals surface area contributed by atoms with Gasteiger partial charge in [0.25, 0.3) is 0 Å². The summed E-state index contributed by atoms with van der Waals surface area (Å²) < 4.78 is 27.8. The summed E-state index contributed by atoms with van der Waals surface area (Å²) in [5.74, 6) is 0.741. The zero-order valence-corrected chi connectivity index (χ0v) is 17.0. The number of halogens is 1. The lowest BCUT2D eigenvalue weighted by molar-refractivity contribution is 0.195. The molecular formula is C15H26IN3O3S. The summed E-state index contributed by atoms with van der Waals surface area (Å²) in [4.78, 5) is 4.80. The van der Waals surface area contributed by atoms with Gasteiger partial charge in [0.15, 0.2) is 15.8 Å². The van der Waals surface area contributed by atoms with Crippen LogP contribution in [0, 0.1) is 0 Å². The van der Waals surface area contributed by atoms with Gasteiger partial charge in [0.05, 0.1) is 11.4 Å². The van der Waals surface area contributed by atoms with Crippen molar-refractivity contribution in [2.45, 2.75) is 24.8 Å². The molecule has 0 heterocycles. The Kier molecular flexibility index (Phi) is 11.2. The number of hydrogen-bond donors (Lipinski definition) is 2. The van der Waals surface area contributed by atoms with E-state index in [1.807, 2.05) is 6.92 Å². The number of nitrogens with one attached hydrogen (secondary N) is 2. The zero-order chi connectivity index (χ0) is 16.4. The number of nitrogens with zero attached hydrogens (tertiary/aromatic N) is 1. The van der Waals surface area contributed by atoms with Gasteiger partial charge >= 0.3 is 0 Å². The monoisotopic (exact) mass is 455 g/mol. The molecule has 0 bridgehead atoms. The van der Waals surface area contributed by atoms with Crippen LogP contribution in [0.15, 0.2) is 34.2 Å². The Bertz CT molecular complexity index is 574. The van der Waals surface area contributed by atoms with Gasteiger partial charge in [-0.25, -0.2) is 13.4 Å². The fourth-order valence-corrected chi connectivity index (χ4v) is 2.41. The van der Waals surface area contributed by atoms with Crippen LogP contribution in [0.5, 0.6) is 0 Å². The van der Waals surface area contributed by atoms with Crippen LogP contribution in [0.3, 0.4) is 0 Å². The van der Waals surface area contributed by atoms with E-state index in [9.17, 15) is 8.42 Å². The van der Waals surface area contributed by atoms with Crippen molar-refractivity contribution in [1.29, 1.82) is 0 Å². The number of aliphatic imine (C=N–C) groups is 1. The highest BCUT2D eigenvalue weighted by atomic mass is 127. The van der Waals surface area contributed by atoms with Gasteiger partial charge in [-0.3, -0.25) is 0 Å². The maximum absolute atomic E-state index is 11.4. The third kappa shape index (κ3) is 9.11. The largest absolute Gasteiger partial charge is 0.385 e. The first kappa shape index (κ1) is 22.1. The van der Waals surface area contributed by atoms with Gasteiger partial charge in [-0.1, -0.05) is 12.1 Å². The van der Waals surface area contributed by atoms with Crippen molar-refractivity contribution in [2.75, 3.05) is 33.1 Å². The molecule has 0 fully saturated rings. The lowest BCUT2D eigenvalue weighted by atomic mass is 10.2. The molecule has 0 aliphatic heterocycles. The number of ether oxygens (including phenoxy) is 1. The van der Waals surface area contributed by atoms with Crippen LogP contribution in [0.25, 0.3) is 0 Å². The highest BCUT2D eigenvalue weighted by molar-refractivity contribution is 14.0. The Labute approximate surface area is 156 Å². The Balaban J connectivity index is 0.00000484. The van der Waals surface area contributed by atoms with E-state index in [4.69, 9.17) is 4.74 Å². The minimum Gasteiger partial charge on any atom is -0.385 e. The molecule has 132 valence electrons. The number of hydrogen-bond acceptors (Lipinski definition) is 4. The predicted octanol–water partition coefficient (Wildman–Crippen LogP) is 1.80. The Hall–Kier alpha value is -0.870. The molecule has 0 saturated heterocycles. The van der Waals surface area contributed by atoms with Crippen molar-refractivity contribution in [3.05, 3.63) is 29.8 Å². The molecule has 0 aliphatic rings. The highest BCUT2D eigenvalue weighted by Crippen LogP contribution is 2.10. The van der Waals surface area contributed by atoms with Gasteiger partial charge in [-0.05, 0) is 31.0 Å². The third-order valence-electron chi connectivity index (χ3n) is 2.93. The van der Waals surface area contributed by atoms with Gasteiger partial charge < -0.3 is 15.4 Å². The van der Waals surface area contributed by atoms with E-state index in [1.165, 1.54) is 6.26 Å². The maximum Gasteiger partial charge on any atom is 0.191 e. The van der Waals surface area contributed by atoms with Crippen molar-refractivity contribution < 1.29 is 13.2 Å². The van der Waals surface area contributed by atoms with Gasteiger partial charge in [0, 0.05) is 33.1 Å². The first-order chi connectivity index (χ1) is 10.5. The van der Waals surface area contributed by atoms with Crippen molar-refractivity contribution in [3.8, 4) is 0 Å². The van der Waals surface area contributed by atoms with Crippen LogP contribution in [0.4, 0.5) is 0 Å². The van der Waals surface area contributed by atoms with E-state index in [-0.39, 0.29) is 24.0 Å². The molecule has 0 radical (unpaired) electrons. The fraction of sp³-hybridized carbons (Fsp3) is 0.533. The van der Waals surface area contributed by atoms with Gasteiger partial charge in [-0.2, -0.15) is 0 Å². The molecule has 2 N–H and O–H groups in total. The van der Waals surface area contributed by atoms with Gasteiger partial charge in [-0.15, -0.1) is 24.0 Å². The molecule has 1 rings (SSSR count). The number of methoxy groups -OCH3 is 1. The lowest BCUT2D eigenvalue weighted by Crippen LogP contribution is -2.38. The van der Waals surface area contributed by atoms with Crippen LogP contribution >= 0.6 is 24.0 Å². The minimum absolute atomic E-state index is 0. The lowest BCUT2D eigenvalue weighted by Gasteiger charge is -2.11. The summed E-state index contributed by atoms with van der Waals surface area (Å²) in [6.07, 6.45) is 2.11. The third-order valence-corrected chi connectivity index (χ3v) is 4.06. The molecule has 8 heteroatoms. The first-order valence-corrected chi connectivity index (χ1v) is 9.16. The second kappa shape index (κ2) is 11.6. The topological polar surface area (TPSA) is 79.8 Å². The first-order valence-electron chi connectivity index (χ1n) is 7.27. The summed E-state index contributed by atoms with van der Waals surface area (Å²) in [5, 5.41) is 6.39. The van der Waals surface area contributed by atoms with Crippen molar-refractivity contribution >= 4 is 39.8 Å². The highest BCUT2D eigenvalue weighted by Gasteiger charge is 2.06. The molecule has 0 unspecified atom stereocenters. The summed E-state index contributed by atoms with van der Waals surface area (Å²) in [5.41, 5.74) is 0.960. The molecule has 0 aromatic heterocycles. The average Bonchev–Trinajstić information content (AvgIpc) is 2.48. The van der Waals surface area contributed by atoms with Crippen LogP contribution < -0.4 is 10.6 Å². The maximum atomic E-state index is 11.4. The second-order valence-corrected chi connectivity index (χ2v) is 6.90. The van der Waals surface area contributed by atoms with E-state index in [0.29, 0.717) is 18.0 Å². The van der Waals surface area contributed by atoms with Crippen LogP contribution in [0.1, 0.15) is 18.9 Å². The molecule has 0 atom stereocenters. The number of rotatable bonds is 8. The van der Waals surface area contributed by atoms with Crippen LogP contribution in [-0.2, 0) is 21.1 Å². The Morgan fingerprint density at radius 3 is 2.39 bits per heavy atom. The number of sulfone groups is 1. The quantitative estimate of drug-likeness (QED) is 0.271. The smallest absolute Gasteiger partial charge is 0.191 e. The van der Waals surface area contributed by atoms with E-state index < -0.39 is 9.84 Å². The van der Waals surface area contributed by atoms with Crippen LogP contribution in [-0.4, -0.2) is 47.4 Å². The van der Waals surface area contributed by atoms with E-state index in [0.717, 1.165) is 31.0 Å². The molecule has 6 nitrogen and oxygen atoms in total. The molecule has 23 heavy (non-hydrogen) atoms. The summed E-state index contributed by atoms with van der Waals surface area (Å²) in [7, 11) is -1.47. The van der Waals surface area contributed by atoms with Crippen LogP contribution in [0.2, 0.25) is 0 Å². The molecule has 0 spiro atoms. The Morgan fingerprint density at radius 1 is 1.22 bits per heavy atom. The SMILES string of the molecule is CCNC(=NCc1ccc(S(C)(=O)=O)cc1)NCCCOC.I. The molecule has 1 aromatic carbocycles. The normalized spacial score (nSPS) is 11.7. The minimum atomic E-state index is -3.15. The zero-order valence-electron chi connectivity index (χ0n) is 13.8. The average molecular weight is 455 g/mol. The van der Waals surface area contributed by atoms with Crippen molar-refractivity contribution in [1.82, 2.24) is 10.6 Å². The molecule has 0 amide bonds. The van der Waals surface area contributed by atoms with Gasteiger partial charge in [0.2, 0.25) is 0 Å². The summed E-state index contributed by atoms with van der Waals surface area (Å²) in [6.45, 7) is 4.77. The van der Waals surface area contributed by atoms with E-state index >= 15 is 0 Å². The second-order valence-electron chi connectivity index (χ2n) is 4.88. The fourth-order valence-electron chi connectivity index (χ4n) is 1.78. The molecule has 1 aromatic rings. The molecule has 0 saturated carbocycles. The van der Waals surface area contributed by atoms with Crippen molar-refractivity contribution in [3.63, 3.8) is 0 Å². The Morgan fingerprint density at radius 2 is 1.87 bits per heavy atom.